The van der Waals surface area contributed by atoms with E-state index in [1.807, 2.05) is 25.1 Å². The maximum absolute atomic E-state index is 12.6. The standard InChI is InChI=1S/C20H23NO6/c1-13(14-3-6-17-19(11-14)27-10-9-26-17)21-20(23)15-4-5-16(24-2)18(12-15)25-8-7-22/h3-6,11-13,22H,7-10H2,1-2H3,(H,21,23). The summed E-state index contributed by atoms with van der Waals surface area (Å²) in [5.74, 6) is 2.06. The van der Waals surface area contributed by atoms with Gasteiger partial charge < -0.3 is 29.4 Å². The number of carbonyl (C=O) groups excluding carboxylic acids is 1. The summed E-state index contributed by atoms with van der Waals surface area (Å²) in [7, 11) is 1.52. The molecule has 1 heterocycles. The van der Waals surface area contributed by atoms with E-state index in [2.05, 4.69) is 5.32 Å². The summed E-state index contributed by atoms with van der Waals surface area (Å²) >= 11 is 0. The van der Waals surface area contributed by atoms with Gasteiger partial charge in [0.2, 0.25) is 0 Å². The first-order valence-electron chi connectivity index (χ1n) is 8.74. The van der Waals surface area contributed by atoms with E-state index in [-0.39, 0.29) is 25.2 Å². The number of hydrogen-bond donors (Lipinski definition) is 2. The van der Waals surface area contributed by atoms with Gasteiger partial charge in [-0.2, -0.15) is 0 Å². The number of fused-ring (bicyclic) bond motifs is 1. The molecule has 1 aliphatic rings. The Morgan fingerprint density at radius 3 is 2.67 bits per heavy atom. The maximum Gasteiger partial charge on any atom is 0.251 e. The number of aliphatic hydroxyl groups excluding tert-OH is 1. The molecule has 3 rings (SSSR count). The third-order valence-electron chi connectivity index (χ3n) is 4.19. The van der Waals surface area contributed by atoms with E-state index in [9.17, 15) is 4.79 Å². The molecule has 7 heteroatoms. The fourth-order valence-electron chi connectivity index (χ4n) is 2.78. The van der Waals surface area contributed by atoms with E-state index in [1.165, 1.54) is 7.11 Å². The Morgan fingerprint density at radius 2 is 1.93 bits per heavy atom. The van der Waals surface area contributed by atoms with Crippen molar-refractivity contribution in [2.24, 2.45) is 0 Å². The predicted octanol–water partition coefficient (Wildman–Crippen LogP) is 2.33. The minimum Gasteiger partial charge on any atom is -0.493 e. The number of methoxy groups -OCH3 is 1. The van der Waals surface area contributed by atoms with Gasteiger partial charge in [-0.15, -0.1) is 0 Å². The minimum atomic E-state index is -0.242. The smallest absolute Gasteiger partial charge is 0.251 e. The zero-order chi connectivity index (χ0) is 19.2. The molecular weight excluding hydrogens is 350 g/mol. The number of aliphatic hydroxyl groups is 1. The van der Waals surface area contributed by atoms with Crippen LogP contribution in [-0.4, -0.2) is 44.6 Å². The molecule has 27 heavy (non-hydrogen) atoms. The minimum absolute atomic E-state index is 0.120. The Balaban J connectivity index is 1.72. The molecular formula is C20H23NO6. The lowest BCUT2D eigenvalue weighted by molar-refractivity contribution is 0.0939. The molecule has 0 bridgehead atoms. The summed E-state index contributed by atoms with van der Waals surface area (Å²) in [4.78, 5) is 12.6. The summed E-state index contributed by atoms with van der Waals surface area (Å²) in [6.45, 7) is 2.95. The molecule has 1 amide bonds. The molecule has 0 spiro atoms. The van der Waals surface area contributed by atoms with Gasteiger partial charge in [0.25, 0.3) is 5.91 Å². The first-order chi connectivity index (χ1) is 13.1. The molecule has 0 radical (unpaired) electrons. The van der Waals surface area contributed by atoms with Crippen LogP contribution in [0.5, 0.6) is 23.0 Å². The SMILES string of the molecule is COc1ccc(C(=O)NC(C)c2ccc3c(c2)OCCO3)cc1OCCO. The quantitative estimate of drug-likeness (QED) is 0.775. The first-order valence-corrected chi connectivity index (χ1v) is 8.74. The molecule has 2 aromatic carbocycles. The lowest BCUT2D eigenvalue weighted by Crippen LogP contribution is -2.27. The van der Waals surface area contributed by atoms with E-state index in [1.54, 1.807) is 18.2 Å². The average molecular weight is 373 g/mol. The number of hydrogen-bond acceptors (Lipinski definition) is 6. The summed E-state index contributed by atoms with van der Waals surface area (Å²) in [6, 6.07) is 10.3. The Kier molecular flexibility index (Phi) is 6.03. The summed E-state index contributed by atoms with van der Waals surface area (Å²) in [5.41, 5.74) is 1.35. The summed E-state index contributed by atoms with van der Waals surface area (Å²) in [5, 5.41) is 11.9. The number of amides is 1. The van der Waals surface area contributed by atoms with E-state index in [4.69, 9.17) is 24.1 Å². The molecule has 1 aliphatic heterocycles. The van der Waals surface area contributed by atoms with Crippen molar-refractivity contribution < 1.29 is 28.8 Å². The van der Waals surface area contributed by atoms with Gasteiger partial charge in [0.1, 0.15) is 19.8 Å². The van der Waals surface area contributed by atoms with Gasteiger partial charge in [-0.3, -0.25) is 4.79 Å². The zero-order valence-electron chi connectivity index (χ0n) is 15.4. The normalized spacial score (nSPS) is 13.6. The van der Waals surface area contributed by atoms with Crippen molar-refractivity contribution in [3.05, 3.63) is 47.5 Å². The van der Waals surface area contributed by atoms with Crippen molar-refractivity contribution in [2.75, 3.05) is 33.5 Å². The van der Waals surface area contributed by atoms with Gasteiger partial charge >= 0.3 is 0 Å². The van der Waals surface area contributed by atoms with Gasteiger partial charge in [-0.05, 0) is 42.8 Å². The van der Waals surface area contributed by atoms with Crippen LogP contribution >= 0.6 is 0 Å². The average Bonchev–Trinajstić information content (AvgIpc) is 2.71. The van der Waals surface area contributed by atoms with Crippen molar-refractivity contribution in [3.8, 4) is 23.0 Å². The van der Waals surface area contributed by atoms with Crippen molar-refractivity contribution >= 4 is 5.91 Å². The number of nitrogens with one attached hydrogen (secondary N) is 1. The fraction of sp³-hybridized carbons (Fsp3) is 0.350. The molecule has 1 atom stereocenters. The van der Waals surface area contributed by atoms with Crippen molar-refractivity contribution in [1.29, 1.82) is 0 Å². The number of carbonyl (C=O) groups is 1. The van der Waals surface area contributed by atoms with Gasteiger partial charge in [-0.1, -0.05) is 6.07 Å². The van der Waals surface area contributed by atoms with Crippen LogP contribution in [0.4, 0.5) is 0 Å². The van der Waals surface area contributed by atoms with Crippen LogP contribution in [-0.2, 0) is 0 Å². The second kappa shape index (κ2) is 8.64. The second-order valence-corrected chi connectivity index (χ2v) is 6.04. The summed E-state index contributed by atoms with van der Waals surface area (Å²) < 4.78 is 21.8. The lowest BCUT2D eigenvalue weighted by Gasteiger charge is -2.21. The highest BCUT2D eigenvalue weighted by Crippen LogP contribution is 2.33. The van der Waals surface area contributed by atoms with E-state index < -0.39 is 0 Å². The van der Waals surface area contributed by atoms with Crippen LogP contribution in [0.1, 0.15) is 28.9 Å². The van der Waals surface area contributed by atoms with E-state index in [0.717, 1.165) is 5.56 Å². The van der Waals surface area contributed by atoms with Crippen molar-refractivity contribution in [3.63, 3.8) is 0 Å². The Bertz CT molecular complexity index is 807. The van der Waals surface area contributed by atoms with Crippen LogP contribution in [0.2, 0.25) is 0 Å². The predicted molar refractivity (Wildman–Crippen MR) is 98.9 cm³/mol. The van der Waals surface area contributed by atoms with Crippen LogP contribution in [0.25, 0.3) is 0 Å². The molecule has 0 saturated heterocycles. The molecule has 2 N–H and O–H groups in total. The zero-order valence-corrected chi connectivity index (χ0v) is 15.4. The van der Waals surface area contributed by atoms with Gasteiger partial charge in [0.05, 0.1) is 19.8 Å². The highest BCUT2D eigenvalue weighted by Gasteiger charge is 2.17. The topological polar surface area (TPSA) is 86.3 Å². The second-order valence-electron chi connectivity index (χ2n) is 6.04. The molecule has 7 nitrogen and oxygen atoms in total. The molecule has 0 aromatic heterocycles. The van der Waals surface area contributed by atoms with E-state index >= 15 is 0 Å². The van der Waals surface area contributed by atoms with Crippen molar-refractivity contribution in [1.82, 2.24) is 5.32 Å². The largest absolute Gasteiger partial charge is 0.493 e. The molecule has 2 aromatic rings. The summed E-state index contributed by atoms with van der Waals surface area (Å²) in [6.07, 6.45) is 0. The Labute approximate surface area is 157 Å². The number of rotatable bonds is 7. The Hall–Kier alpha value is -2.93. The van der Waals surface area contributed by atoms with Crippen molar-refractivity contribution in [2.45, 2.75) is 13.0 Å². The van der Waals surface area contributed by atoms with Gasteiger partial charge in [0, 0.05) is 5.56 Å². The monoisotopic (exact) mass is 373 g/mol. The highest BCUT2D eigenvalue weighted by molar-refractivity contribution is 5.95. The number of ether oxygens (including phenoxy) is 4. The molecule has 0 fully saturated rings. The van der Waals surface area contributed by atoms with Gasteiger partial charge in [0.15, 0.2) is 23.0 Å². The van der Waals surface area contributed by atoms with Crippen LogP contribution in [0.15, 0.2) is 36.4 Å². The third-order valence-corrected chi connectivity index (χ3v) is 4.19. The molecule has 0 saturated carbocycles. The molecule has 144 valence electrons. The first kappa shape index (κ1) is 18.8. The Morgan fingerprint density at radius 1 is 1.15 bits per heavy atom. The molecule has 0 aliphatic carbocycles. The van der Waals surface area contributed by atoms with Crippen LogP contribution in [0, 0.1) is 0 Å². The fourth-order valence-corrected chi connectivity index (χ4v) is 2.78. The number of benzene rings is 2. The third kappa shape index (κ3) is 4.43. The molecule has 1 unspecified atom stereocenters. The lowest BCUT2D eigenvalue weighted by atomic mass is 10.1. The maximum atomic E-state index is 12.6. The van der Waals surface area contributed by atoms with Gasteiger partial charge in [-0.25, -0.2) is 0 Å². The highest BCUT2D eigenvalue weighted by atomic mass is 16.6. The van der Waals surface area contributed by atoms with Crippen LogP contribution in [0.3, 0.4) is 0 Å². The van der Waals surface area contributed by atoms with Crippen LogP contribution < -0.4 is 24.3 Å². The van der Waals surface area contributed by atoms with E-state index in [0.29, 0.717) is 41.8 Å².